The fraction of sp³-hybridized carbons (Fsp3) is 0.263. The summed E-state index contributed by atoms with van der Waals surface area (Å²) >= 11 is 7.76. The molecule has 3 rings (SSSR count). The van der Waals surface area contributed by atoms with Crippen LogP contribution in [-0.4, -0.2) is 40.1 Å². The Morgan fingerprint density at radius 2 is 1.93 bits per heavy atom. The molecule has 0 amide bonds. The van der Waals surface area contributed by atoms with E-state index in [4.69, 9.17) is 16.3 Å². The molecule has 9 heteroatoms. The molecule has 1 atom stereocenters. The number of aliphatic hydroxyl groups is 1. The van der Waals surface area contributed by atoms with Crippen molar-refractivity contribution in [1.29, 1.82) is 0 Å². The summed E-state index contributed by atoms with van der Waals surface area (Å²) in [6, 6.07) is 7.21. The quantitative estimate of drug-likeness (QED) is 0.528. The largest absolute Gasteiger partial charge is 0.393 e. The van der Waals surface area contributed by atoms with Crippen LogP contribution >= 0.6 is 23.4 Å². The Balaban J connectivity index is 2.29. The van der Waals surface area contributed by atoms with Crippen molar-refractivity contribution in [1.82, 2.24) is 9.97 Å². The topological polar surface area (TPSA) is 95.2 Å². The third-order valence-corrected chi connectivity index (χ3v) is 6.18. The predicted molar refractivity (Wildman–Crippen MR) is 109 cm³/mol. The number of H-pyrrole nitrogens is 2. The Labute approximate surface area is 168 Å². The van der Waals surface area contributed by atoms with Crippen molar-refractivity contribution in [2.45, 2.75) is 17.4 Å². The average Bonchev–Trinajstić information content (AvgIpc) is 2.67. The Hall–Kier alpha value is -2.13. The third-order valence-electron chi connectivity index (χ3n) is 4.43. The number of thioether (sulfide) groups is 1. The van der Waals surface area contributed by atoms with Crippen LogP contribution in [0.15, 0.2) is 44.8 Å². The number of aliphatic hydroxyl groups excluding tert-OH is 1. The standard InChI is InChI=1S/C19H18ClFN2O4S/c1-19(8-24,27-2)9-28-16-14(10-3-5-11(21)6-4-10)13(20)7-12-15(16)22-18(26)23-17(12)25/h3-7,24H,8-9H2,1-2H3,(H2,22,23,25,26)/t19-/m0/s1. The molecule has 0 saturated carbocycles. The van der Waals surface area contributed by atoms with Gasteiger partial charge in [-0.2, -0.15) is 0 Å². The van der Waals surface area contributed by atoms with Crippen molar-refractivity contribution in [3.8, 4) is 11.1 Å². The van der Waals surface area contributed by atoms with Crippen LogP contribution in [0.3, 0.4) is 0 Å². The van der Waals surface area contributed by atoms with E-state index in [1.165, 1.54) is 37.1 Å². The number of halogens is 2. The van der Waals surface area contributed by atoms with Crippen molar-refractivity contribution >= 4 is 34.3 Å². The van der Waals surface area contributed by atoms with Crippen molar-refractivity contribution in [2.75, 3.05) is 19.5 Å². The van der Waals surface area contributed by atoms with Gasteiger partial charge in [0.05, 0.1) is 28.1 Å². The second-order valence-corrected chi connectivity index (χ2v) is 7.89. The summed E-state index contributed by atoms with van der Waals surface area (Å²) in [4.78, 5) is 29.5. The highest BCUT2D eigenvalue weighted by molar-refractivity contribution is 7.99. The summed E-state index contributed by atoms with van der Waals surface area (Å²) in [6.45, 7) is 1.51. The van der Waals surface area contributed by atoms with Gasteiger partial charge < -0.3 is 14.8 Å². The molecule has 0 aliphatic heterocycles. The highest BCUT2D eigenvalue weighted by Crippen LogP contribution is 2.42. The monoisotopic (exact) mass is 424 g/mol. The first-order chi connectivity index (χ1) is 13.3. The van der Waals surface area contributed by atoms with Gasteiger partial charge in [0.2, 0.25) is 0 Å². The normalized spacial score (nSPS) is 13.6. The van der Waals surface area contributed by atoms with E-state index in [1.807, 2.05) is 0 Å². The highest BCUT2D eigenvalue weighted by atomic mass is 35.5. The van der Waals surface area contributed by atoms with Crippen molar-refractivity contribution in [3.63, 3.8) is 0 Å². The van der Waals surface area contributed by atoms with Gasteiger partial charge in [-0.1, -0.05) is 23.7 Å². The van der Waals surface area contributed by atoms with E-state index in [2.05, 4.69) is 9.97 Å². The molecule has 3 aromatic rings. The van der Waals surface area contributed by atoms with Gasteiger partial charge in [0, 0.05) is 23.3 Å². The number of fused-ring (bicyclic) bond motifs is 1. The summed E-state index contributed by atoms with van der Waals surface area (Å²) in [5.74, 6) is -0.0784. The molecule has 1 aromatic heterocycles. The number of aromatic amines is 2. The van der Waals surface area contributed by atoms with Gasteiger partial charge in [0.1, 0.15) is 5.82 Å². The zero-order valence-corrected chi connectivity index (χ0v) is 16.7. The Kier molecular flexibility index (Phi) is 5.95. The van der Waals surface area contributed by atoms with Crippen molar-refractivity contribution in [3.05, 3.63) is 62.0 Å². The second-order valence-electron chi connectivity index (χ2n) is 6.50. The molecular formula is C19H18ClFN2O4S. The highest BCUT2D eigenvalue weighted by Gasteiger charge is 2.25. The smallest absolute Gasteiger partial charge is 0.326 e. The molecule has 0 aliphatic rings. The van der Waals surface area contributed by atoms with Crippen LogP contribution in [0.25, 0.3) is 22.0 Å². The van der Waals surface area contributed by atoms with E-state index in [0.717, 1.165) is 0 Å². The zero-order valence-electron chi connectivity index (χ0n) is 15.1. The summed E-state index contributed by atoms with van der Waals surface area (Å²) < 4.78 is 18.7. The van der Waals surface area contributed by atoms with Crippen LogP contribution in [0.2, 0.25) is 5.02 Å². The number of aromatic nitrogens is 2. The Morgan fingerprint density at radius 1 is 1.25 bits per heavy atom. The lowest BCUT2D eigenvalue weighted by atomic mass is 10.0. The van der Waals surface area contributed by atoms with Crippen LogP contribution in [-0.2, 0) is 4.74 Å². The lowest BCUT2D eigenvalue weighted by molar-refractivity contribution is -0.0187. The molecule has 0 unspecified atom stereocenters. The first-order valence-electron chi connectivity index (χ1n) is 8.31. The second kappa shape index (κ2) is 8.08. The van der Waals surface area contributed by atoms with Crippen LogP contribution in [0.4, 0.5) is 4.39 Å². The number of hydrogen-bond acceptors (Lipinski definition) is 5. The maximum atomic E-state index is 13.4. The van der Waals surface area contributed by atoms with E-state index < -0.39 is 22.7 Å². The number of benzene rings is 2. The molecule has 0 radical (unpaired) electrons. The zero-order chi connectivity index (χ0) is 20.5. The molecule has 0 bridgehead atoms. The molecular weight excluding hydrogens is 407 g/mol. The van der Waals surface area contributed by atoms with Gasteiger partial charge in [-0.3, -0.25) is 9.78 Å². The van der Waals surface area contributed by atoms with E-state index in [9.17, 15) is 19.1 Å². The third kappa shape index (κ3) is 4.00. The van der Waals surface area contributed by atoms with E-state index in [0.29, 0.717) is 27.3 Å². The van der Waals surface area contributed by atoms with Crippen molar-refractivity contribution < 1.29 is 14.2 Å². The minimum atomic E-state index is -0.846. The first-order valence-corrected chi connectivity index (χ1v) is 9.68. The van der Waals surface area contributed by atoms with Crippen LogP contribution in [0, 0.1) is 5.82 Å². The number of methoxy groups -OCH3 is 1. The fourth-order valence-corrected chi connectivity index (χ4v) is 4.37. The van der Waals surface area contributed by atoms with Gasteiger partial charge >= 0.3 is 5.69 Å². The van der Waals surface area contributed by atoms with E-state index >= 15 is 0 Å². The molecule has 148 valence electrons. The molecule has 3 N–H and O–H groups in total. The minimum Gasteiger partial charge on any atom is -0.393 e. The Bertz CT molecular complexity index is 1120. The average molecular weight is 425 g/mol. The van der Waals surface area contributed by atoms with Crippen molar-refractivity contribution in [2.24, 2.45) is 0 Å². The molecule has 0 fully saturated rings. The number of rotatable bonds is 6. The lowest BCUT2D eigenvalue weighted by Crippen LogP contribution is -2.34. The molecule has 0 spiro atoms. The summed E-state index contributed by atoms with van der Waals surface area (Å²) in [6.07, 6.45) is 0. The van der Waals surface area contributed by atoms with Gasteiger partial charge in [-0.25, -0.2) is 9.18 Å². The summed E-state index contributed by atoms with van der Waals surface area (Å²) in [5, 5.41) is 10.1. The molecule has 0 aliphatic carbocycles. The molecule has 2 aromatic carbocycles. The van der Waals surface area contributed by atoms with Crippen LogP contribution in [0.5, 0.6) is 0 Å². The SMILES string of the molecule is CO[C@@](C)(CO)CSc1c(-c2ccc(F)cc2)c(Cl)cc2c(=O)[nH]c(=O)[nH]c12. The molecule has 6 nitrogen and oxygen atoms in total. The van der Waals surface area contributed by atoms with E-state index in [-0.39, 0.29) is 17.0 Å². The van der Waals surface area contributed by atoms with Crippen LogP contribution < -0.4 is 11.2 Å². The maximum absolute atomic E-state index is 13.4. The van der Waals surface area contributed by atoms with Gasteiger partial charge in [0.15, 0.2) is 0 Å². The molecule has 1 heterocycles. The number of ether oxygens (including phenoxy) is 1. The number of nitrogens with one attached hydrogen (secondary N) is 2. The summed E-state index contributed by atoms with van der Waals surface area (Å²) in [5.41, 5.74) is -0.565. The maximum Gasteiger partial charge on any atom is 0.326 e. The molecule has 28 heavy (non-hydrogen) atoms. The summed E-state index contributed by atoms with van der Waals surface area (Å²) in [7, 11) is 1.49. The van der Waals surface area contributed by atoms with Gasteiger partial charge in [-0.15, -0.1) is 11.8 Å². The minimum absolute atomic E-state index is 0.223. The predicted octanol–water partition coefficient (Wildman–Crippen LogP) is 3.17. The lowest BCUT2D eigenvalue weighted by Gasteiger charge is -2.26. The van der Waals surface area contributed by atoms with Gasteiger partial charge in [0.25, 0.3) is 5.56 Å². The van der Waals surface area contributed by atoms with Crippen LogP contribution in [0.1, 0.15) is 6.92 Å². The first kappa shape index (κ1) is 20.6. The fourth-order valence-electron chi connectivity index (χ4n) is 2.67. The van der Waals surface area contributed by atoms with Gasteiger partial charge in [-0.05, 0) is 30.7 Å². The van der Waals surface area contributed by atoms with E-state index in [1.54, 1.807) is 19.1 Å². The number of hydrogen-bond donors (Lipinski definition) is 3. The Morgan fingerprint density at radius 3 is 2.54 bits per heavy atom. The molecule has 0 saturated heterocycles.